The third-order valence-electron chi connectivity index (χ3n) is 6.75. The first-order valence-corrected chi connectivity index (χ1v) is 11.7. The van der Waals surface area contributed by atoms with Crippen LogP contribution in [0.2, 0.25) is 0 Å². The zero-order valence-electron chi connectivity index (χ0n) is 19.5. The molecule has 2 aromatic rings. The number of halogens is 3. The molecule has 1 aromatic carbocycles. The van der Waals surface area contributed by atoms with Crippen LogP contribution in [-0.4, -0.2) is 62.8 Å². The van der Waals surface area contributed by atoms with Crippen LogP contribution in [0, 0.1) is 0 Å². The van der Waals surface area contributed by atoms with Gasteiger partial charge in [0.05, 0.1) is 6.54 Å². The highest BCUT2D eigenvalue weighted by atomic mass is 19.3. The van der Waals surface area contributed by atoms with Gasteiger partial charge in [-0.15, -0.1) is 0 Å². The van der Waals surface area contributed by atoms with E-state index in [9.17, 15) is 9.32 Å². The van der Waals surface area contributed by atoms with E-state index in [0.29, 0.717) is 22.1 Å². The molecule has 1 atom stereocenters. The summed E-state index contributed by atoms with van der Waals surface area (Å²) in [6, 6.07) is 1.04. The van der Waals surface area contributed by atoms with E-state index in [4.69, 9.17) is 4.74 Å². The molecule has 4 heterocycles. The minimum absolute atomic E-state index is 0.0631. The summed E-state index contributed by atoms with van der Waals surface area (Å²) >= 11 is 0. The summed E-state index contributed by atoms with van der Waals surface area (Å²) in [5, 5.41) is 7.47. The van der Waals surface area contributed by atoms with Crippen LogP contribution in [-0.2, 0) is 9.74 Å². The number of hydrogen-bond donors (Lipinski definition) is 1. The first-order valence-electron chi connectivity index (χ1n) is 11.7. The van der Waals surface area contributed by atoms with Gasteiger partial charge in [0.1, 0.15) is 30.5 Å². The number of rotatable bonds is 5. The molecule has 1 N–H and O–H groups in total. The smallest absolute Gasteiger partial charge is 0.440 e. The van der Waals surface area contributed by atoms with Gasteiger partial charge in [0, 0.05) is 22.3 Å². The molecule has 3 aliphatic rings. The Hall–Kier alpha value is -3.28. The fourth-order valence-electron chi connectivity index (χ4n) is 5.06. The molecule has 1 aromatic heterocycles. The van der Waals surface area contributed by atoms with Crippen molar-refractivity contribution < 1.29 is 27.8 Å². The minimum Gasteiger partial charge on any atom is -0.491 e. The molecule has 1 saturated heterocycles. The average Bonchev–Trinajstić information content (AvgIpc) is 3.45. The fraction of sp³-hybridized carbons (Fsp3) is 0.522. The second-order valence-corrected chi connectivity index (χ2v) is 9.19. The van der Waals surface area contributed by atoms with Gasteiger partial charge in [0.15, 0.2) is 5.82 Å². The van der Waals surface area contributed by atoms with E-state index in [1.807, 2.05) is 26.0 Å². The minimum atomic E-state index is -4.33. The van der Waals surface area contributed by atoms with E-state index in [-0.39, 0.29) is 30.7 Å². The Kier molecular flexibility index (Phi) is 6.07. The van der Waals surface area contributed by atoms with Crippen molar-refractivity contribution in [2.45, 2.75) is 50.9 Å². The first-order chi connectivity index (χ1) is 16.8. The van der Waals surface area contributed by atoms with E-state index >= 15 is 8.78 Å². The summed E-state index contributed by atoms with van der Waals surface area (Å²) in [5.41, 5.74) is 1.45. The molecule has 5 rings (SSSR count). The van der Waals surface area contributed by atoms with E-state index in [1.54, 1.807) is 11.0 Å². The van der Waals surface area contributed by atoms with Crippen LogP contribution >= 0.6 is 0 Å². The Balaban J connectivity index is 1.61. The van der Waals surface area contributed by atoms with Crippen molar-refractivity contribution in [2.75, 3.05) is 26.2 Å². The molecular formula is C23H27F3N6O3. The van der Waals surface area contributed by atoms with Gasteiger partial charge in [-0.1, -0.05) is 12.1 Å². The molecule has 0 radical (unpaired) electrons. The molecule has 9 nitrogen and oxygen atoms in total. The average molecular weight is 493 g/mol. The lowest BCUT2D eigenvalue weighted by Crippen LogP contribution is -2.49. The van der Waals surface area contributed by atoms with E-state index in [2.05, 4.69) is 20.3 Å². The normalized spacial score (nSPS) is 20.7. The zero-order chi connectivity index (χ0) is 24.7. The molecule has 35 heavy (non-hydrogen) atoms. The van der Waals surface area contributed by atoms with E-state index in [1.165, 1.54) is 17.2 Å². The Morgan fingerprint density at radius 1 is 1.29 bits per heavy atom. The number of carbonyl (C=O) groups is 1. The van der Waals surface area contributed by atoms with Gasteiger partial charge in [-0.05, 0) is 57.3 Å². The van der Waals surface area contributed by atoms with Crippen LogP contribution in [0.25, 0.3) is 5.70 Å². The van der Waals surface area contributed by atoms with Crippen LogP contribution in [0.3, 0.4) is 0 Å². The van der Waals surface area contributed by atoms with Crippen molar-refractivity contribution in [3.63, 3.8) is 0 Å². The third kappa shape index (κ3) is 3.99. The number of fused-ring (bicyclic) bond motifs is 3. The second kappa shape index (κ2) is 9.06. The predicted molar refractivity (Wildman–Crippen MR) is 119 cm³/mol. The number of nitrogens with zero attached hydrogens (tertiary/aromatic N) is 5. The van der Waals surface area contributed by atoms with Crippen molar-refractivity contribution in [2.24, 2.45) is 0 Å². The van der Waals surface area contributed by atoms with Crippen LogP contribution in [0.5, 0.6) is 5.75 Å². The number of piperidine rings is 1. The van der Waals surface area contributed by atoms with Gasteiger partial charge in [-0.25, -0.2) is 19.4 Å². The van der Waals surface area contributed by atoms with E-state index < -0.39 is 18.2 Å². The molecule has 1 fully saturated rings. The SMILES string of the molecule is CC(C)n1ncnc1C1=CN2CCOc3cc(C4CCNCC4)ccc3C2N1C(F)(F)C(=O)OF. The standard InChI is InChI=1S/C23H27F3N6O3/c1-14(2)32-20(28-13-29-32)18-12-30-9-10-34-19-11-16(15-5-7-27-8-6-15)3-4-17(19)21(30)31(18)23(24,25)22(33)35-26/h3-4,11-15,21,27H,5-10H2,1-2H3. The number of benzene rings is 1. The molecule has 1 unspecified atom stereocenters. The highest BCUT2D eigenvalue weighted by Crippen LogP contribution is 2.49. The number of hydrogen-bond acceptors (Lipinski definition) is 8. The van der Waals surface area contributed by atoms with Crippen LogP contribution < -0.4 is 10.1 Å². The van der Waals surface area contributed by atoms with Crippen LogP contribution in [0.4, 0.5) is 13.3 Å². The van der Waals surface area contributed by atoms with E-state index in [0.717, 1.165) is 31.5 Å². The lowest BCUT2D eigenvalue weighted by Gasteiger charge is -2.36. The Labute approximate surface area is 200 Å². The highest BCUT2D eigenvalue weighted by Gasteiger charge is 2.57. The molecule has 188 valence electrons. The summed E-state index contributed by atoms with van der Waals surface area (Å²) in [6.45, 7) is 5.99. The zero-order valence-corrected chi connectivity index (χ0v) is 19.5. The lowest BCUT2D eigenvalue weighted by atomic mass is 9.89. The Morgan fingerprint density at radius 2 is 2.06 bits per heavy atom. The summed E-state index contributed by atoms with van der Waals surface area (Å²) < 4.78 is 51.3. The number of alkyl halides is 2. The molecule has 3 aliphatic heterocycles. The summed E-state index contributed by atoms with van der Waals surface area (Å²) in [7, 11) is 0. The van der Waals surface area contributed by atoms with Crippen molar-refractivity contribution in [1.82, 2.24) is 29.9 Å². The molecule has 0 aliphatic carbocycles. The van der Waals surface area contributed by atoms with Gasteiger partial charge in [-0.2, -0.15) is 13.9 Å². The molecule has 12 heteroatoms. The molecule has 0 spiro atoms. The maximum Gasteiger partial charge on any atom is 0.440 e. The largest absolute Gasteiger partial charge is 0.491 e. The monoisotopic (exact) mass is 492 g/mol. The summed E-state index contributed by atoms with van der Waals surface area (Å²) in [4.78, 5) is 21.4. The fourth-order valence-corrected chi connectivity index (χ4v) is 5.06. The molecule has 0 saturated carbocycles. The second-order valence-electron chi connectivity index (χ2n) is 9.19. The Bertz CT molecular complexity index is 1130. The summed E-state index contributed by atoms with van der Waals surface area (Å²) in [6.07, 6.45) is 3.54. The summed E-state index contributed by atoms with van der Waals surface area (Å²) in [5.74, 6) is -1.37. The molecule has 0 amide bonds. The maximum atomic E-state index is 15.5. The van der Waals surface area contributed by atoms with Gasteiger partial charge in [-0.3, -0.25) is 4.90 Å². The lowest BCUT2D eigenvalue weighted by molar-refractivity contribution is -0.236. The number of carbonyl (C=O) groups excluding carboxylic acids is 1. The van der Waals surface area contributed by atoms with Crippen LogP contribution in [0.15, 0.2) is 30.7 Å². The maximum absolute atomic E-state index is 15.5. The molecule has 0 bridgehead atoms. The molecular weight excluding hydrogens is 465 g/mol. The first kappa shape index (κ1) is 23.5. The van der Waals surface area contributed by atoms with Gasteiger partial charge in [0.25, 0.3) is 0 Å². The predicted octanol–water partition coefficient (Wildman–Crippen LogP) is 3.35. The Morgan fingerprint density at radius 3 is 2.77 bits per heavy atom. The van der Waals surface area contributed by atoms with Gasteiger partial charge in [0.2, 0.25) is 0 Å². The highest BCUT2D eigenvalue weighted by molar-refractivity contribution is 5.80. The van der Waals surface area contributed by atoms with Crippen molar-refractivity contribution in [3.8, 4) is 5.75 Å². The topological polar surface area (TPSA) is 84.8 Å². The van der Waals surface area contributed by atoms with Gasteiger partial charge >= 0.3 is 12.0 Å². The van der Waals surface area contributed by atoms with Crippen LogP contribution in [0.1, 0.15) is 61.8 Å². The van der Waals surface area contributed by atoms with Crippen molar-refractivity contribution in [3.05, 3.63) is 47.7 Å². The van der Waals surface area contributed by atoms with Gasteiger partial charge < -0.3 is 15.0 Å². The number of ether oxygens (including phenoxy) is 1. The number of nitrogens with one attached hydrogen (secondary N) is 1. The third-order valence-corrected chi connectivity index (χ3v) is 6.75. The van der Waals surface area contributed by atoms with Crippen molar-refractivity contribution in [1.29, 1.82) is 0 Å². The quantitative estimate of drug-likeness (QED) is 0.637. The van der Waals surface area contributed by atoms with Crippen molar-refractivity contribution >= 4 is 11.7 Å². The number of aromatic nitrogens is 3.